The Morgan fingerprint density at radius 3 is 2.68 bits per heavy atom. The number of aromatic nitrogens is 3. The van der Waals surface area contributed by atoms with Crippen molar-refractivity contribution in [2.24, 2.45) is 0 Å². The minimum absolute atomic E-state index is 0.127. The van der Waals surface area contributed by atoms with Crippen molar-refractivity contribution in [3.63, 3.8) is 0 Å². The number of anilines is 3. The molecule has 1 saturated carbocycles. The number of benzene rings is 1. The molecule has 1 aliphatic rings. The maximum Gasteiger partial charge on any atom is 0.244 e. The summed E-state index contributed by atoms with van der Waals surface area (Å²) in [6.45, 7) is 7.86. The summed E-state index contributed by atoms with van der Waals surface area (Å²) >= 11 is 0. The summed E-state index contributed by atoms with van der Waals surface area (Å²) in [4.78, 5) is 16.1. The summed E-state index contributed by atoms with van der Waals surface area (Å²) in [6, 6.07) is 8.65. The highest BCUT2D eigenvalue weighted by Crippen LogP contribution is 2.22. The number of amides is 1. The van der Waals surface area contributed by atoms with Crippen LogP contribution in [-0.2, 0) is 4.79 Å². The van der Waals surface area contributed by atoms with E-state index in [-0.39, 0.29) is 18.0 Å². The third kappa shape index (κ3) is 5.52. The van der Waals surface area contributed by atoms with Gasteiger partial charge in [0.15, 0.2) is 5.82 Å². The van der Waals surface area contributed by atoms with Gasteiger partial charge in [0.25, 0.3) is 0 Å². The first kappa shape index (κ1) is 19.8. The number of nitrogens with zero attached hydrogens (tertiary/aromatic N) is 3. The molecule has 1 aliphatic carbocycles. The molecule has 3 N–H and O–H groups in total. The van der Waals surface area contributed by atoms with Gasteiger partial charge in [0.2, 0.25) is 11.9 Å². The summed E-state index contributed by atoms with van der Waals surface area (Å²) in [6.07, 6.45) is 6.77. The molecule has 0 aliphatic heterocycles. The molecule has 1 fully saturated rings. The van der Waals surface area contributed by atoms with E-state index in [1.807, 2.05) is 12.1 Å². The van der Waals surface area contributed by atoms with Crippen LogP contribution >= 0.6 is 0 Å². The van der Waals surface area contributed by atoms with E-state index in [0.717, 1.165) is 31.4 Å². The molecule has 0 saturated heterocycles. The Kier molecular flexibility index (Phi) is 6.57. The van der Waals surface area contributed by atoms with Crippen molar-refractivity contribution in [2.75, 3.05) is 10.6 Å². The van der Waals surface area contributed by atoms with Gasteiger partial charge in [-0.25, -0.2) is 0 Å². The first-order valence-electron chi connectivity index (χ1n) is 9.79. The van der Waals surface area contributed by atoms with Crippen LogP contribution in [0.5, 0.6) is 0 Å². The Hall–Kier alpha value is -2.96. The number of carbonyl (C=O) groups is 1. The topological polar surface area (TPSA) is 91.8 Å². The standard InChI is InChI=1S/C21H28N6O/c1-4-20(28)24-17-6-5-7-18(12-17)25-21-26-19(13-22-27-21)23-16-10-8-15(9-11-16)14(2)3/h4,8-11,13-14,17-18H,1,5-7,12H2,2-3H3,(H,24,28)(H2,23,25,26,27)/t17-,18-/m1/s1. The fourth-order valence-electron chi connectivity index (χ4n) is 3.42. The van der Waals surface area contributed by atoms with Gasteiger partial charge in [-0.05, 0) is 55.4 Å². The molecule has 2 aromatic rings. The molecule has 1 heterocycles. The van der Waals surface area contributed by atoms with E-state index in [0.29, 0.717) is 17.7 Å². The molecule has 1 aromatic carbocycles. The van der Waals surface area contributed by atoms with Crippen LogP contribution in [0.25, 0.3) is 0 Å². The number of carbonyl (C=O) groups excluding carboxylic acids is 1. The quantitative estimate of drug-likeness (QED) is 0.634. The highest BCUT2D eigenvalue weighted by Gasteiger charge is 2.23. The van der Waals surface area contributed by atoms with E-state index in [1.165, 1.54) is 11.6 Å². The molecule has 0 spiro atoms. The number of hydrogen-bond donors (Lipinski definition) is 3. The largest absolute Gasteiger partial charge is 0.350 e. The first-order chi connectivity index (χ1) is 13.5. The van der Waals surface area contributed by atoms with Crippen molar-refractivity contribution in [2.45, 2.75) is 57.5 Å². The molecule has 2 atom stereocenters. The summed E-state index contributed by atoms with van der Waals surface area (Å²) in [5.41, 5.74) is 2.25. The van der Waals surface area contributed by atoms with Crippen LogP contribution in [0.4, 0.5) is 17.5 Å². The van der Waals surface area contributed by atoms with Crippen molar-refractivity contribution >= 4 is 23.4 Å². The van der Waals surface area contributed by atoms with Crippen molar-refractivity contribution in [1.82, 2.24) is 20.5 Å². The van der Waals surface area contributed by atoms with Gasteiger partial charge in [0.05, 0.1) is 6.20 Å². The lowest BCUT2D eigenvalue weighted by Gasteiger charge is -2.30. The monoisotopic (exact) mass is 380 g/mol. The van der Waals surface area contributed by atoms with E-state index >= 15 is 0 Å². The highest BCUT2D eigenvalue weighted by atomic mass is 16.1. The molecule has 7 heteroatoms. The Bertz CT molecular complexity index is 805. The maximum absolute atomic E-state index is 11.5. The lowest BCUT2D eigenvalue weighted by molar-refractivity contribution is -0.117. The Labute approximate surface area is 166 Å². The number of rotatable bonds is 7. The normalized spacial score (nSPS) is 19.1. The smallest absolute Gasteiger partial charge is 0.244 e. The Morgan fingerprint density at radius 2 is 1.96 bits per heavy atom. The van der Waals surface area contributed by atoms with Crippen LogP contribution in [0.2, 0.25) is 0 Å². The summed E-state index contributed by atoms with van der Waals surface area (Å²) in [5.74, 6) is 1.51. The van der Waals surface area contributed by atoms with Gasteiger partial charge in [0, 0.05) is 17.8 Å². The number of hydrogen-bond acceptors (Lipinski definition) is 6. The average Bonchev–Trinajstić information content (AvgIpc) is 2.69. The van der Waals surface area contributed by atoms with E-state index in [1.54, 1.807) is 6.20 Å². The first-order valence-corrected chi connectivity index (χ1v) is 9.79. The fourth-order valence-corrected chi connectivity index (χ4v) is 3.42. The molecule has 3 rings (SSSR count). The van der Waals surface area contributed by atoms with Crippen LogP contribution in [-0.4, -0.2) is 33.2 Å². The second-order valence-electron chi connectivity index (χ2n) is 7.48. The minimum Gasteiger partial charge on any atom is -0.350 e. The third-order valence-corrected chi connectivity index (χ3v) is 4.95. The van der Waals surface area contributed by atoms with E-state index in [9.17, 15) is 4.79 Å². The van der Waals surface area contributed by atoms with Gasteiger partial charge in [-0.1, -0.05) is 32.6 Å². The van der Waals surface area contributed by atoms with Crippen molar-refractivity contribution in [1.29, 1.82) is 0 Å². The molecular formula is C21H28N6O. The zero-order valence-electron chi connectivity index (χ0n) is 16.5. The van der Waals surface area contributed by atoms with Crippen LogP contribution in [0.1, 0.15) is 51.0 Å². The molecule has 0 unspecified atom stereocenters. The minimum atomic E-state index is -0.127. The zero-order valence-corrected chi connectivity index (χ0v) is 16.5. The second kappa shape index (κ2) is 9.30. The van der Waals surface area contributed by atoms with Gasteiger partial charge >= 0.3 is 0 Å². The lowest BCUT2D eigenvalue weighted by Crippen LogP contribution is -2.41. The molecule has 7 nitrogen and oxygen atoms in total. The van der Waals surface area contributed by atoms with E-state index in [4.69, 9.17) is 0 Å². The molecule has 0 radical (unpaired) electrons. The average molecular weight is 380 g/mol. The predicted octanol–water partition coefficient (Wildman–Crippen LogP) is 3.76. The highest BCUT2D eigenvalue weighted by molar-refractivity contribution is 5.87. The fraction of sp³-hybridized carbons (Fsp3) is 0.429. The zero-order chi connectivity index (χ0) is 19.9. The third-order valence-electron chi connectivity index (χ3n) is 4.95. The molecule has 28 heavy (non-hydrogen) atoms. The van der Waals surface area contributed by atoms with Crippen LogP contribution in [0, 0.1) is 0 Å². The van der Waals surface area contributed by atoms with E-state index < -0.39 is 0 Å². The Morgan fingerprint density at radius 1 is 1.21 bits per heavy atom. The maximum atomic E-state index is 11.5. The van der Waals surface area contributed by atoms with Crippen molar-refractivity contribution in [3.05, 3.63) is 48.7 Å². The molecule has 148 valence electrons. The summed E-state index contributed by atoms with van der Waals surface area (Å²) in [7, 11) is 0. The van der Waals surface area contributed by atoms with Crippen molar-refractivity contribution in [3.8, 4) is 0 Å². The summed E-state index contributed by atoms with van der Waals surface area (Å²) < 4.78 is 0. The Balaban J connectivity index is 1.60. The SMILES string of the molecule is C=CC(=O)N[C@@H]1CCC[C@@H](Nc2nncc(Nc3ccc(C(C)C)cc3)n2)C1. The van der Waals surface area contributed by atoms with Gasteiger partial charge < -0.3 is 16.0 Å². The summed E-state index contributed by atoms with van der Waals surface area (Å²) in [5, 5.41) is 17.7. The van der Waals surface area contributed by atoms with Gasteiger partial charge in [0.1, 0.15) is 0 Å². The molecule has 1 amide bonds. The van der Waals surface area contributed by atoms with Crippen LogP contribution < -0.4 is 16.0 Å². The number of nitrogens with one attached hydrogen (secondary N) is 3. The molecule has 0 bridgehead atoms. The predicted molar refractivity (Wildman–Crippen MR) is 112 cm³/mol. The van der Waals surface area contributed by atoms with Crippen molar-refractivity contribution < 1.29 is 4.79 Å². The van der Waals surface area contributed by atoms with Gasteiger partial charge in [-0.3, -0.25) is 4.79 Å². The molecule has 1 aromatic heterocycles. The van der Waals surface area contributed by atoms with Gasteiger partial charge in [-0.2, -0.15) is 10.1 Å². The van der Waals surface area contributed by atoms with Gasteiger partial charge in [-0.15, -0.1) is 5.10 Å². The van der Waals surface area contributed by atoms with Crippen LogP contribution in [0.15, 0.2) is 43.1 Å². The van der Waals surface area contributed by atoms with Crippen LogP contribution in [0.3, 0.4) is 0 Å². The molecular weight excluding hydrogens is 352 g/mol. The van der Waals surface area contributed by atoms with E-state index in [2.05, 4.69) is 63.7 Å². The lowest BCUT2D eigenvalue weighted by atomic mass is 9.91. The second-order valence-corrected chi connectivity index (χ2v) is 7.48.